The second-order valence-electron chi connectivity index (χ2n) is 2.85. The van der Waals surface area contributed by atoms with E-state index < -0.39 is 5.91 Å². The number of aromatic nitrogens is 5. The zero-order valence-corrected chi connectivity index (χ0v) is 9.21. The molecule has 0 saturated carbocycles. The molecule has 0 saturated heterocycles. The summed E-state index contributed by atoms with van der Waals surface area (Å²) in [7, 11) is 0. The number of aryl methyl sites for hydroxylation is 1. The summed E-state index contributed by atoms with van der Waals surface area (Å²) in [5.41, 5.74) is 5.28. The molecule has 2 aromatic heterocycles. The summed E-state index contributed by atoms with van der Waals surface area (Å²) in [6.07, 6.45) is 0.781. The lowest BCUT2D eigenvalue weighted by molar-refractivity contribution is 0.101. The predicted octanol–water partition coefficient (Wildman–Crippen LogP) is 0.0531. The molecular formula is C7H9N7OS. The van der Waals surface area contributed by atoms with Gasteiger partial charge in [-0.3, -0.25) is 15.2 Å². The van der Waals surface area contributed by atoms with Gasteiger partial charge in [0.15, 0.2) is 0 Å². The van der Waals surface area contributed by atoms with Crippen LogP contribution >= 0.6 is 11.3 Å². The van der Waals surface area contributed by atoms with E-state index in [1.807, 2.05) is 6.92 Å². The van der Waals surface area contributed by atoms with Crippen molar-refractivity contribution in [2.75, 3.05) is 11.1 Å². The van der Waals surface area contributed by atoms with E-state index in [2.05, 4.69) is 30.7 Å². The second kappa shape index (κ2) is 4.23. The van der Waals surface area contributed by atoms with Gasteiger partial charge in [0.2, 0.25) is 16.9 Å². The van der Waals surface area contributed by atoms with Gasteiger partial charge in [0.05, 0.1) is 0 Å². The number of hydrogen-bond donors (Lipinski definition) is 3. The first-order valence-corrected chi connectivity index (χ1v) is 5.32. The molecule has 0 radical (unpaired) electrons. The normalized spacial score (nSPS) is 10.3. The highest BCUT2D eigenvalue weighted by atomic mass is 32.1. The van der Waals surface area contributed by atoms with Crippen molar-refractivity contribution in [3.05, 3.63) is 10.8 Å². The van der Waals surface area contributed by atoms with Crippen molar-refractivity contribution < 1.29 is 4.79 Å². The quantitative estimate of drug-likeness (QED) is 0.695. The first-order valence-electron chi connectivity index (χ1n) is 4.50. The molecule has 0 unspecified atom stereocenters. The van der Waals surface area contributed by atoms with Crippen LogP contribution in [-0.2, 0) is 6.42 Å². The zero-order valence-electron chi connectivity index (χ0n) is 8.39. The number of anilines is 2. The minimum Gasteiger partial charge on any atom is -0.366 e. The molecule has 1 amide bonds. The Morgan fingerprint density at radius 1 is 1.56 bits per heavy atom. The van der Waals surface area contributed by atoms with Crippen LogP contribution in [0.5, 0.6) is 0 Å². The summed E-state index contributed by atoms with van der Waals surface area (Å²) in [5.74, 6) is -0.370. The van der Waals surface area contributed by atoms with Gasteiger partial charge in [0.1, 0.15) is 5.01 Å². The van der Waals surface area contributed by atoms with Crippen LogP contribution < -0.4 is 11.1 Å². The first kappa shape index (κ1) is 10.5. The lowest BCUT2D eigenvalue weighted by atomic mass is 10.5. The molecule has 2 heterocycles. The number of carbonyl (C=O) groups is 1. The Morgan fingerprint density at radius 2 is 2.38 bits per heavy atom. The van der Waals surface area contributed by atoms with E-state index in [0.29, 0.717) is 5.13 Å². The molecule has 0 aromatic carbocycles. The van der Waals surface area contributed by atoms with Crippen LogP contribution in [0.2, 0.25) is 0 Å². The standard InChI is InChI=1S/C7H9N7OS/c1-2-3-11-14-7(16-3)10-5(15)4-9-6(8)13-12-4/h2H2,1H3,(H,10,14,15)(H3,8,9,12,13). The second-order valence-corrected chi connectivity index (χ2v) is 3.91. The highest BCUT2D eigenvalue weighted by molar-refractivity contribution is 7.15. The highest BCUT2D eigenvalue weighted by Gasteiger charge is 2.13. The molecule has 9 heteroatoms. The van der Waals surface area contributed by atoms with Crippen molar-refractivity contribution >= 4 is 28.3 Å². The Kier molecular flexibility index (Phi) is 2.77. The number of nitrogens with two attached hydrogens (primary N) is 1. The summed E-state index contributed by atoms with van der Waals surface area (Å²) in [4.78, 5) is 15.3. The fourth-order valence-electron chi connectivity index (χ4n) is 0.980. The molecule has 0 aliphatic carbocycles. The number of aromatic amines is 1. The van der Waals surface area contributed by atoms with Gasteiger partial charge in [-0.1, -0.05) is 18.3 Å². The van der Waals surface area contributed by atoms with Crippen molar-refractivity contribution in [2.45, 2.75) is 13.3 Å². The summed E-state index contributed by atoms with van der Waals surface area (Å²) >= 11 is 1.32. The first-order chi connectivity index (χ1) is 7.69. The Hall–Kier alpha value is -2.03. The number of nitrogen functional groups attached to an aromatic ring is 1. The van der Waals surface area contributed by atoms with Crippen LogP contribution in [0, 0.1) is 0 Å². The average molecular weight is 239 g/mol. The number of nitrogens with zero attached hydrogens (tertiary/aromatic N) is 4. The fraction of sp³-hybridized carbons (Fsp3) is 0.286. The van der Waals surface area contributed by atoms with E-state index in [4.69, 9.17) is 5.73 Å². The van der Waals surface area contributed by atoms with Crippen LogP contribution in [-0.4, -0.2) is 31.3 Å². The van der Waals surface area contributed by atoms with Gasteiger partial charge < -0.3 is 5.73 Å². The molecule has 0 fully saturated rings. The van der Waals surface area contributed by atoms with E-state index in [1.165, 1.54) is 11.3 Å². The van der Waals surface area contributed by atoms with Crippen LogP contribution in [0.1, 0.15) is 22.6 Å². The maximum atomic E-state index is 11.6. The summed E-state index contributed by atoms with van der Waals surface area (Å²) < 4.78 is 0. The van der Waals surface area contributed by atoms with Crippen LogP contribution in [0.3, 0.4) is 0 Å². The Labute approximate surface area is 94.3 Å². The van der Waals surface area contributed by atoms with Gasteiger partial charge >= 0.3 is 0 Å². The molecule has 2 rings (SSSR count). The number of rotatable bonds is 3. The number of amides is 1. The van der Waals surface area contributed by atoms with Gasteiger partial charge in [0.25, 0.3) is 5.91 Å². The minimum atomic E-state index is -0.442. The van der Waals surface area contributed by atoms with E-state index >= 15 is 0 Å². The molecule has 0 bridgehead atoms. The maximum Gasteiger partial charge on any atom is 0.294 e. The molecule has 0 atom stereocenters. The van der Waals surface area contributed by atoms with Gasteiger partial charge in [-0.25, -0.2) is 0 Å². The van der Waals surface area contributed by atoms with Crippen LogP contribution in [0.15, 0.2) is 0 Å². The molecule has 8 nitrogen and oxygen atoms in total. The van der Waals surface area contributed by atoms with Crippen molar-refractivity contribution in [1.82, 2.24) is 25.4 Å². The lowest BCUT2D eigenvalue weighted by Gasteiger charge is -1.94. The Morgan fingerprint density at radius 3 is 2.94 bits per heavy atom. The van der Waals surface area contributed by atoms with E-state index in [1.54, 1.807) is 0 Å². The Bertz CT molecular complexity index is 504. The van der Waals surface area contributed by atoms with Crippen molar-refractivity contribution in [2.24, 2.45) is 0 Å². The van der Waals surface area contributed by atoms with Crippen LogP contribution in [0.4, 0.5) is 11.1 Å². The molecule has 2 aromatic rings. The SMILES string of the molecule is CCc1nnc(NC(=O)c2nc(N)n[nH]2)s1. The van der Waals surface area contributed by atoms with Crippen molar-refractivity contribution in [3.63, 3.8) is 0 Å². The molecule has 0 spiro atoms. The van der Waals surface area contributed by atoms with E-state index in [9.17, 15) is 4.79 Å². The lowest BCUT2D eigenvalue weighted by Crippen LogP contribution is -2.13. The smallest absolute Gasteiger partial charge is 0.294 e. The summed E-state index contributed by atoms with van der Waals surface area (Å²) in [6, 6.07) is 0. The number of nitrogens with one attached hydrogen (secondary N) is 2. The maximum absolute atomic E-state index is 11.6. The average Bonchev–Trinajstić information content (AvgIpc) is 2.87. The zero-order chi connectivity index (χ0) is 11.5. The molecule has 0 aliphatic rings. The largest absolute Gasteiger partial charge is 0.366 e. The van der Waals surface area contributed by atoms with E-state index in [-0.39, 0.29) is 11.8 Å². The van der Waals surface area contributed by atoms with Gasteiger partial charge in [-0.15, -0.1) is 15.3 Å². The monoisotopic (exact) mass is 239 g/mol. The Balaban J connectivity index is 2.07. The molecule has 0 aliphatic heterocycles. The minimum absolute atomic E-state index is 0.0247. The third-order valence-electron chi connectivity index (χ3n) is 1.71. The third kappa shape index (κ3) is 2.14. The predicted molar refractivity (Wildman–Crippen MR) is 58.0 cm³/mol. The van der Waals surface area contributed by atoms with Gasteiger partial charge in [-0.05, 0) is 6.42 Å². The molecule has 16 heavy (non-hydrogen) atoms. The third-order valence-corrected chi connectivity index (χ3v) is 2.69. The topological polar surface area (TPSA) is 122 Å². The number of carbonyl (C=O) groups excluding carboxylic acids is 1. The van der Waals surface area contributed by atoms with Gasteiger partial charge in [-0.2, -0.15) is 4.98 Å². The molecule has 84 valence electrons. The molecular weight excluding hydrogens is 230 g/mol. The number of H-pyrrole nitrogens is 1. The fourth-order valence-corrected chi connectivity index (χ4v) is 1.65. The molecule has 4 N–H and O–H groups in total. The highest BCUT2D eigenvalue weighted by Crippen LogP contribution is 2.15. The van der Waals surface area contributed by atoms with E-state index in [0.717, 1.165) is 11.4 Å². The number of hydrogen-bond acceptors (Lipinski definition) is 7. The summed E-state index contributed by atoms with van der Waals surface area (Å²) in [5, 5.41) is 17.5. The van der Waals surface area contributed by atoms with Gasteiger partial charge in [0, 0.05) is 0 Å². The van der Waals surface area contributed by atoms with Crippen molar-refractivity contribution in [3.8, 4) is 0 Å². The van der Waals surface area contributed by atoms with Crippen molar-refractivity contribution in [1.29, 1.82) is 0 Å². The summed E-state index contributed by atoms with van der Waals surface area (Å²) in [6.45, 7) is 1.96. The van der Waals surface area contributed by atoms with Crippen LogP contribution in [0.25, 0.3) is 0 Å².